The van der Waals surface area contributed by atoms with E-state index in [9.17, 15) is 0 Å². The van der Waals surface area contributed by atoms with Crippen LogP contribution in [0.15, 0.2) is 133 Å². The molecule has 4 aromatic carbocycles. The van der Waals surface area contributed by atoms with Gasteiger partial charge in [-0.1, -0.05) is 97.1 Å². The van der Waals surface area contributed by atoms with Crippen molar-refractivity contribution in [3.8, 4) is 0 Å². The summed E-state index contributed by atoms with van der Waals surface area (Å²) in [4.78, 5) is 4.47. The molecule has 158 valence electrons. The van der Waals surface area contributed by atoms with Crippen LogP contribution < -0.4 is 9.80 Å². The van der Waals surface area contributed by atoms with Crippen LogP contribution in [0, 0.1) is 0 Å². The molecular weight excluding hydrogens is 388 g/mol. The van der Waals surface area contributed by atoms with Gasteiger partial charge in [-0.3, -0.25) is 0 Å². The van der Waals surface area contributed by atoms with Gasteiger partial charge in [-0.25, -0.2) is 0 Å². The molecule has 0 aliphatic heterocycles. The lowest BCUT2D eigenvalue weighted by atomic mass is 10.1. The van der Waals surface area contributed by atoms with Crippen LogP contribution in [0.1, 0.15) is 11.1 Å². The fourth-order valence-corrected chi connectivity index (χ4v) is 3.76. The van der Waals surface area contributed by atoms with E-state index in [1.54, 1.807) is 0 Å². The summed E-state index contributed by atoms with van der Waals surface area (Å²) in [5, 5.41) is 0. The van der Waals surface area contributed by atoms with Gasteiger partial charge in [0.2, 0.25) is 0 Å². The summed E-state index contributed by atoms with van der Waals surface area (Å²) in [6.07, 6.45) is 4.42. The molecule has 0 saturated carbocycles. The van der Waals surface area contributed by atoms with Gasteiger partial charge in [-0.15, -0.1) is 0 Å². The highest BCUT2D eigenvalue weighted by Gasteiger charge is 2.12. The monoisotopic (exact) mass is 416 g/mol. The smallest absolute Gasteiger partial charge is 0.0482 e. The fraction of sp³-hybridized carbons (Fsp3) is 0.0667. The lowest BCUT2D eigenvalue weighted by Gasteiger charge is -2.25. The predicted octanol–water partition coefficient (Wildman–Crippen LogP) is 7.34. The van der Waals surface area contributed by atoms with Crippen molar-refractivity contribution in [2.75, 3.05) is 23.9 Å². The van der Waals surface area contributed by atoms with Gasteiger partial charge in [0.25, 0.3) is 0 Å². The first-order valence-electron chi connectivity index (χ1n) is 10.8. The number of nitrogens with zero attached hydrogens (tertiary/aromatic N) is 2. The summed E-state index contributed by atoms with van der Waals surface area (Å²) in [7, 11) is 4.23. The van der Waals surface area contributed by atoms with Gasteiger partial charge in [0, 0.05) is 36.9 Å². The quantitative estimate of drug-likeness (QED) is 0.291. The van der Waals surface area contributed by atoms with E-state index in [4.69, 9.17) is 0 Å². The third kappa shape index (κ3) is 4.98. The highest BCUT2D eigenvalue weighted by atomic mass is 15.1. The molecule has 2 heteroatoms. The molecule has 0 bridgehead atoms. The molecule has 0 radical (unpaired) electrons. The standard InChI is InChI=1S/C30H28N2/c1-31(27-19-11-5-12-20-27)29(25-15-7-3-8-16-25)23-24-30(26-17-9-4-10-18-26)32(2)28-21-13-6-14-22-28/h3-24H,1-2H3/b29-23+,30-24+. The summed E-state index contributed by atoms with van der Waals surface area (Å²) in [5.41, 5.74) is 6.90. The van der Waals surface area contributed by atoms with Crippen LogP contribution >= 0.6 is 0 Å². The van der Waals surface area contributed by atoms with Crippen LogP contribution in [-0.2, 0) is 0 Å². The molecule has 0 atom stereocenters. The van der Waals surface area contributed by atoms with Crippen molar-refractivity contribution in [1.82, 2.24) is 0 Å². The van der Waals surface area contributed by atoms with Crippen LogP contribution in [0.5, 0.6) is 0 Å². The molecule has 0 aliphatic carbocycles. The Hall–Kier alpha value is -4.04. The number of anilines is 2. The van der Waals surface area contributed by atoms with Crippen LogP contribution in [0.4, 0.5) is 11.4 Å². The van der Waals surface area contributed by atoms with Crippen LogP contribution in [0.3, 0.4) is 0 Å². The van der Waals surface area contributed by atoms with E-state index in [0.29, 0.717) is 0 Å². The molecule has 0 saturated heterocycles. The Kier molecular flexibility index (Phi) is 6.84. The summed E-state index contributed by atoms with van der Waals surface area (Å²) < 4.78 is 0. The largest absolute Gasteiger partial charge is 0.344 e. The van der Waals surface area contributed by atoms with E-state index in [1.807, 2.05) is 12.1 Å². The molecule has 0 N–H and O–H groups in total. The van der Waals surface area contributed by atoms with Gasteiger partial charge >= 0.3 is 0 Å². The number of benzene rings is 4. The zero-order valence-electron chi connectivity index (χ0n) is 18.6. The fourth-order valence-electron chi connectivity index (χ4n) is 3.76. The third-order valence-electron chi connectivity index (χ3n) is 5.55. The maximum Gasteiger partial charge on any atom is 0.0482 e. The number of hydrogen-bond acceptors (Lipinski definition) is 2. The van der Waals surface area contributed by atoms with E-state index in [2.05, 4.69) is 145 Å². The van der Waals surface area contributed by atoms with Gasteiger partial charge in [-0.05, 0) is 47.5 Å². The van der Waals surface area contributed by atoms with Crippen LogP contribution in [0.25, 0.3) is 11.4 Å². The average Bonchev–Trinajstić information content (AvgIpc) is 2.88. The van der Waals surface area contributed by atoms with Crippen molar-refractivity contribution < 1.29 is 0 Å². The van der Waals surface area contributed by atoms with E-state index >= 15 is 0 Å². The van der Waals surface area contributed by atoms with Gasteiger partial charge < -0.3 is 9.80 Å². The van der Waals surface area contributed by atoms with Gasteiger partial charge in [0.05, 0.1) is 0 Å². The molecule has 4 rings (SSSR count). The molecule has 0 unspecified atom stereocenters. The number of rotatable bonds is 7. The summed E-state index contributed by atoms with van der Waals surface area (Å²) in [5.74, 6) is 0. The maximum atomic E-state index is 2.23. The number of hydrogen-bond donors (Lipinski definition) is 0. The topological polar surface area (TPSA) is 6.48 Å². The molecule has 0 amide bonds. The van der Waals surface area contributed by atoms with Gasteiger partial charge in [0.1, 0.15) is 0 Å². The second-order valence-electron chi connectivity index (χ2n) is 7.62. The molecular formula is C30H28N2. The zero-order chi connectivity index (χ0) is 22.2. The molecule has 4 aromatic rings. The van der Waals surface area contributed by atoms with Crippen molar-refractivity contribution in [1.29, 1.82) is 0 Å². The molecule has 0 spiro atoms. The third-order valence-corrected chi connectivity index (χ3v) is 5.55. The number of allylic oxidation sites excluding steroid dienone is 2. The Balaban J connectivity index is 1.82. The van der Waals surface area contributed by atoms with Crippen molar-refractivity contribution in [2.24, 2.45) is 0 Å². The Morgan fingerprint density at radius 3 is 1.03 bits per heavy atom. The molecule has 0 fully saturated rings. The van der Waals surface area contributed by atoms with E-state index in [-0.39, 0.29) is 0 Å². The minimum atomic E-state index is 1.13. The lowest BCUT2D eigenvalue weighted by molar-refractivity contribution is 1.21. The minimum absolute atomic E-state index is 1.13. The molecule has 0 aromatic heterocycles. The summed E-state index contributed by atoms with van der Waals surface area (Å²) >= 11 is 0. The summed E-state index contributed by atoms with van der Waals surface area (Å²) in [6, 6.07) is 42.0. The van der Waals surface area contributed by atoms with Crippen LogP contribution in [-0.4, -0.2) is 14.1 Å². The SMILES string of the molecule is CN(/C(=C/C=C(\c1ccccc1)N(C)c1ccccc1)c1ccccc1)c1ccccc1. The van der Waals surface area contributed by atoms with Crippen molar-refractivity contribution in [3.63, 3.8) is 0 Å². The van der Waals surface area contributed by atoms with Gasteiger partial charge in [0.15, 0.2) is 0 Å². The Bertz CT molecular complexity index is 1070. The highest BCUT2D eigenvalue weighted by Crippen LogP contribution is 2.28. The second-order valence-corrected chi connectivity index (χ2v) is 7.62. The normalized spacial score (nSPS) is 11.8. The molecule has 0 heterocycles. The number of para-hydroxylation sites is 2. The van der Waals surface area contributed by atoms with E-state index in [0.717, 1.165) is 22.8 Å². The molecule has 32 heavy (non-hydrogen) atoms. The Morgan fingerprint density at radius 1 is 0.438 bits per heavy atom. The Labute approximate surface area is 191 Å². The first kappa shape index (κ1) is 21.2. The van der Waals surface area contributed by atoms with Gasteiger partial charge in [-0.2, -0.15) is 0 Å². The average molecular weight is 417 g/mol. The Morgan fingerprint density at radius 2 is 0.719 bits per heavy atom. The highest BCUT2D eigenvalue weighted by molar-refractivity contribution is 5.84. The lowest BCUT2D eigenvalue weighted by Crippen LogP contribution is -2.17. The zero-order valence-corrected chi connectivity index (χ0v) is 18.6. The van der Waals surface area contributed by atoms with Crippen molar-refractivity contribution in [3.05, 3.63) is 145 Å². The van der Waals surface area contributed by atoms with E-state index in [1.165, 1.54) is 11.1 Å². The molecule has 2 nitrogen and oxygen atoms in total. The predicted molar refractivity (Wildman–Crippen MR) is 139 cm³/mol. The summed E-state index contributed by atoms with van der Waals surface area (Å²) in [6.45, 7) is 0. The first-order valence-corrected chi connectivity index (χ1v) is 10.8. The maximum absolute atomic E-state index is 2.23. The van der Waals surface area contributed by atoms with E-state index < -0.39 is 0 Å². The van der Waals surface area contributed by atoms with Crippen molar-refractivity contribution >= 4 is 22.8 Å². The minimum Gasteiger partial charge on any atom is -0.344 e. The second kappa shape index (κ2) is 10.3. The van der Waals surface area contributed by atoms with Crippen LogP contribution in [0.2, 0.25) is 0 Å². The first-order chi connectivity index (χ1) is 15.7. The molecule has 0 aliphatic rings. The van der Waals surface area contributed by atoms with Crippen molar-refractivity contribution in [2.45, 2.75) is 0 Å².